The Morgan fingerprint density at radius 3 is 2.65 bits per heavy atom. The van der Waals surface area contributed by atoms with Gasteiger partial charge in [-0.25, -0.2) is 9.79 Å². The van der Waals surface area contributed by atoms with Crippen LogP contribution < -0.4 is 9.47 Å². The summed E-state index contributed by atoms with van der Waals surface area (Å²) < 4.78 is 15.8. The molecule has 1 aliphatic carbocycles. The fraction of sp³-hybridized carbons (Fsp3) is 0.250. The summed E-state index contributed by atoms with van der Waals surface area (Å²) in [6, 6.07) is 14.7. The molecule has 1 aliphatic heterocycles. The number of ether oxygens (including phenoxy) is 3. The molecule has 2 aliphatic rings. The van der Waals surface area contributed by atoms with Gasteiger partial charge in [-0.2, -0.15) is 0 Å². The van der Waals surface area contributed by atoms with Gasteiger partial charge in [0.05, 0.1) is 7.11 Å². The average molecular weight is 351 g/mol. The first-order chi connectivity index (χ1) is 12.5. The molecule has 0 radical (unpaired) electrons. The first kappa shape index (κ1) is 16.3. The lowest BCUT2D eigenvalue weighted by molar-refractivity contribution is -0.136. The van der Waals surface area contributed by atoms with Crippen LogP contribution in [0.1, 0.15) is 30.4 Å². The quantitative estimate of drug-likeness (QED) is 0.625. The molecule has 0 amide bonds. The summed E-state index contributed by atoms with van der Waals surface area (Å²) in [5.41, 5.74) is 0.753. The van der Waals surface area contributed by atoms with E-state index >= 15 is 0 Å². The molecule has 1 saturated carbocycles. The Bertz CT molecular complexity index is 921. The summed E-state index contributed by atoms with van der Waals surface area (Å²) in [6.07, 6.45) is 0.563. The van der Waals surface area contributed by atoms with E-state index in [1.807, 2.05) is 36.4 Å². The molecule has 6 nitrogen and oxygen atoms in total. The molecule has 1 fully saturated rings. The molecule has 0 N–H and O–H groups in total. The molecule has 0 bridgehead atoms. The van der Waals surface area contributed by atoms with Crippen LogP contribution in [-0.2, 0) is 14.3 Å². The van der Waals surface area contributed by atoms with E-state index in [0.29, 0.717) is 23.8 Å². The zero-order chi connectivity index (χ0) is 18.3. The lowest BCUT2D eigenvalue weighted by atomic mass is 10.1. The molecule has 2 aromatic rings. The third-order valence-corrected chi connectivity index (χ3v) is 4.64. The Morgan fingerprint density at radius 1 is 1.19 bits per heavy atom. The molecule has 4 rings (SSSR count). The SMILES string of the molecule is COc1ccc([C@H]2CC23N=C(c2ccccc2)OC3=O)cc1OC(C)=O. The highest BCUT2D eigenvalue weighted by molar-refractivity contribution is 6.10. The van der Waals surface area contributed by atoms with E-state index in [2.05, 4.69) is 4.99 Å². The van der Waals surface area contributed by atoms with Gasteiger partial charge < -0.3 is 14.2 Å². The molecule has 1 spiro atoms. The van der Waals surface area contributed by atoms with Gasteiger partial charge in [-0.05, 0) is 36.2 Å². The van der Waals surface area contributed by atoms with E-state index < -0.39 is 11.5 Å². The maximum Gasteiger partial charge on any atom is 0.341 e. The standard InChI is InChI=1S/C20H17NO5/c1-12(22)25-17-10-14(8-9-16(17)24-2)15-11-20(15)19(23)26-18(21-20)13-6-4-3-5-7-13/h3-10,15H,11H2,1-2H3/t15-,20?/m1/s1. The first-order valence-corrected chi connectivity index (χ1v) is 8.27. The van der Waals surface area contributed by atoms with Crippen molar-refractivity contribution < 1.29 is 23.8 Å². The summed E-state index contributed by atoms with van der Waals surface area (Å²) in [5, 5.41) is 0. The summed E-state index contributed by atoms with van der Waals surface area (Å²) in [5.74, 6) is 0.254. The number of carbonyl (C=O) groups is 2. The zero-order valence-corrected chi connectivity index (χ0v) is 14.4. The van der Waals surface area contributed by atoms with Crippen molar-refractivity contribution in [1.29, 1.82) is 0 Å². The van der Waals surface area contributed by atoms with Gasteiger partial charge in [0.25, 0.3) is 0 Å². The third-order valence-electron chi connectivity index (χ3n) is 4.64. The first-order valence-electron chi connectivity index (χ1n) is 8.27. The molecule has 0 saturated heterocycles. The van der Waals surface area contributed by atoms with Gasteiger partial charge in [0.1, 0.15) is 0 Å². The van der Waals surface area contributed by atoms with E-state index in [1.54, 1.807) is 12.1 Å². The van der Waals surface area contributed by atoms with E-state index in [-0.39, 0.29) is 11.9 Å². The molecular weight excluding hydrogens is 334 g/mol. The number of hydrogen-bond donors (Lipinski definition) is 0. The Hall–Kier alpha value is -3.15. The molecular formula is C20H17NO5. The molecule has 1 heterocycles. The van der Waals surface area contributed by atoms with Crippen molar-refractivity contribution in [2.24, 2.45) is 4.99 Å². The van der Waals surface area contributed by atoms with Gasteiger partial charge in [0, 0.05) is 18.4 Å². The summed E-state index contributed by atoms with van der Waals surface area (Å²) in [6.45, 7) is 1.33. The van der Waals surface area contributed by atoms with Gasteiger partial charge in [-0.1, -0.05) is 24.3 Å². The van der Waals surface area contributed by atoms with E-state index in [0.717, 1.165) is 11.1 Å². The van der Waals surface area contributed by atoms with Crippen LogP contribution in [0.3, 0.4) is 0 Å². The van der Waals surface area contributed by atoms with Crippen molar-refractivity contribution >= 4 is 17.8 Å². The molecule has 132 valence electrons. The van der Waals surface area contributed by atoms with Crippen molar-refractivity contribution in [2.75, 3.05) is 7.11 Å². The Labute approximate surface area is 150 Å². The number of nitrogens with zero attached hydrogens (tertiary/aromatic N) is 1. The third kappa shape index (κ3) is 2.63. The predicted octanol–water partition coefficient (Wildman–Crippen LogP) is 2.85. The molecule has 2 aromatic carbocycles. The predicted molar refractivity (Wildman–Crippen MR) is 93.5 cm³/mol. The van der Waals surface area contributed by atoms with Gasteiger partial charge >= 0.3 is 11.9 Å². The Kier molecular flexibility index (Phi) is 3.76. The van der Waals surface area contributed by atoms with Gasteiger partial charge in [0.2, 0.25) is 5.90 Å². The second-order valence-corrected chi connectivity index (χ2v) is 6.36. The number of cyclic esters (lactones) is 1. The minimum Gasteiger partial charge on any atom is -0.493 e. The largest absolute Gasteiger partial charge is 0.493 e. The van der Waals surface area contributed by atoms with Gasteiger partial charge in [-0.3, -0.25) is 4.79 Å². The number of methoxy groups -OCH3 is 1. The highest BCUT2D eigenvalue weighted by atomic mass is 16.6. The van der Waals surface area contributed by atoms with Crippen molar-refractivity contribution in [2.45, 2.75) is 24.8 Å². The number of esters is 2. The average Bonchev–Trinajstić information content (AvgIpc) is 3.27. The maximum absolute atomic E-state index is 12.5. The van der Waals surface area contributed by atoms with E-state index in [1.165, 1.54) is 14.0 Å². The summed E-state index contributed by atoms with van der Waals surface area (Å²) in [4.78, 5) is 28.4. The van der Waals surface area contributed by atoms with Gasteiger partial charge in [-0.15, -0.1) is 0 Å². The summed E-state index contributed by atoms with van der Waals surface area (Å²) in [7, 11) is 1.51. The van der Waals surface area contributed by atoms with Crippen LogP contribution in [-0.4, -0.2) is 30.5 Å². The highest BCUT2D eigenvalue weighted by Crippen LogP contribution is 2.58. The van der Waals surface area contributed by atoms with Crippen LogP contribution >= 0.6 is 0 Å². The molecule has 26 heavy (non-hydrogen) atoms. The minimum absolute atomic E-state index is 0.114. The number of aliphatic imine (C=N–C) groups is 1. The summed E-state index contributed by atoms with van der Waals surface area (Å²) >= 11 is 0. The van der Waals surface area contributed by atoms with Gasteiger partial charge in [0.15, 0.2) is 17.0 Å². The second-order valence-electron chi connectivity index (χ2n) is 6.36. The lowest BCUT2D eigenvalue weighted by Gasteiger charge is -2.10. The van der Waals surface area contributed by atoms with Crippen LogP contribution in [0.4, 0.5) is 0 Å². The number of hydrogen-bond acceptors (Lipinski definition) is 6. The number of rotatable bonds is 4. The maximum atomic E-state index is 12.5. The monoisotopic (exact) mass is 351 g/mol. The fourth-order valence-electron chi connectivity index (χ4n) is 3.27. The number of carbonyl (C=O) groups excluding carboxylic acids is 2. The molecule has 1 unspecified atom stereocenters. The zero-order valence-electron chi connectivity index (χ0n) is 14.4. The van der Waals surface area contributed by atoms with Crippen LogP contribution in [0.25, 0.3) is 0 Å². The van der Waals surface area contributed by atoms with Crippen molar-refractivity contribution in [3.63, 3.8) is 0 Å². The van der Waals surface area contributed by atoms with Crippen LogP contribution in [0.2, 0.25) is 0 Å². The van der Waals surface area contributed by atoms with E-state index in [4.69, 9.17) is 14.2 Å². The van der Waals surface area contributed by atoms with Crippen LogP contribution in [0, 0.1) is 0 Å². The van der Waals surface area contributed by atoms with Crippen molar-refractivity contribution in [3.05, 3.63) is 59.7 Å². The smallest absolute Gasteiger partial charge is 0.341 e. The van der Waals surface area contributed by atoms with Crippen LogP contribution in [0.5, 0.6) is 11.5 Å². The topological polar surface area (TPSA) is 74.2 Å². The second kappa shape index (κ2) is 5.98. The normalized spacial score (nSPS) is 23.4. The number of benzene rings is 2. The highest BCUT2D eigenvalue weighted by Gasteiger charge is 2.65. The Morgan fingerprint density at radius 2 is 1.96 bits per heavy atom. The van der Waals surface area contributed by atoms with E-state index in [9.17, 15) is 9.59 Å². The molecule has 0 aromatic heterocycles. The molecule has 6 heteroatoms. The molecule has 2 atom stereocenters. The lowest BCUT2D eigenvalue weighted by Crippen LogP contribution is -2.18. The minimum atomic E-state index is -0.882. The Balaban J connectivity index is 1.64. The fourth-order valence-corrected chi connectivity index (χ4v) is 3.27. The van der Waals surface area contributed by atoms with Crippen LogP contribution in [0.15, 0.2) is 53.5 Å². The van der Waals surface area contributed by atoms with Crippen molar-refractivity contribution in [1.82, 2.24) is 0 Å². The van der Waals surface area contributed by atoms with Crippen molar-refractivity contribution in [3.8, 4) is 11.5 Å².